The third-order valence-electron chi connectivity index (χ3n) is 6.58. The molecule has 168 valence electrons. The van der Waals surface area contributed by atoms with Gasteiger partial charge >= 0.3 is 0 Å². The van der Waals surface area contributed by atoms with Gasteiger partial charge in [-0.05, 0) is 50.3 Å². The van der Waals surface area contributed by atoms with Gasteiger partial charge < -0.3 is 19.5 Å². The van der Waals surface area contributed by atoms with Gasteiger partial charge in [-0.1, -0.05) is 12.5 Å². The maximum atomic E-state index is 13.1. The lowest BCUT2D eigenvalue weighted by atomic mass is 9.97. The Labute approximate surface area is 188 Å². The number of nitrogens with one attached hydrogen (secondary N) is 1. The molecule has 5 rings (SSSR count). The first-order valence-corrected chi connectivity index (χ1v) is 11.5. The molecule has 0 saturated carbocycles. The standard InChI is InChI=1S/C24H30N6O2/c1-16-9-10-19(32-2)18(13-16)27-24(31)17-7-6-11-29(14-17)22-21-23(26-15-25-22)30-12-5-3-4-8-20(30)28-21/h9-10,13,15,17H,3-8,11-12,14H2,1-2H3,(H,27,31)/t17-/m0/s1. The lowest BCUT2D eigenvalue weighted by Gasteiger charge is -2.33. The van der Waals surface area contributed by atoms with Crippen molar-refractivity contribution in [2.45, 2.75) is 52.0 Å². The predicted molar refractivity (Wildman–Crippen MR) is 124 cm³/mol. The molecule has 1 N–H and O–H groups in total. The third-order valence-corrected chi connectivity index (χ3v) is 6.58. The molecule has 1 fully saturated rings. The second-order valence-electron chi connectivity index (χ2n) is 8.84. The van der Waals surface area contributed by atoms with Gasteiger partial charge in [0.2, 0.25) is 5.91 Å². The summed E-state index contributed by atoms with van der Waals surface area (Å²) >= 11 is 0. The summed E-state index contributed by atoms with van der Waals surface area (Å²) < 4.78 is 7.68. The number of benzene rings is 1. The van der Waals surface area contributed by atoms with Gasteiger partial charge in [0.15, 0.2) is 17.0 Å². The minimum absolute atomic E-state index is 0.0181. The van der Waals surface area contributed by atoms with Crippen molar-refractivity contribution >= 4 is 28.6 Å². The number of aromatic nitrogens is 4. The van der Waals surface area contributed by atoms with E-state index in [1.54, 1.807) is 13.4 Å². The molecule has 2 aliphatic rings. The average molecular weight is 435 g/mol. The average Bonchev–Trinajstić information content (AvgIpc) is 3.00. The number of ether oxygens (including phenoxy) is 1. The number of piperidine rings is 1. The Hall–Kier alpha value is -3.16. The van der Waals surface area contributed by atoms with E-state index in [0.29, 0.717) is 12.3 Å². The minimum atomic E-state index is -0.126. The van der Waals surface area contributed by atoms with Crippen molar-refractivity contribution < 1.29 is 9.53 Å². The molecule has 2 aromatic heterocycles. The van der Waals surface area contributed by atoms with Crippen LogP contribution in [-0.4, -0.2) is 45.6 Å². The van der Waals surface area contributed by atoms with Gasteiger partial charge in [0.1, 0.15) is 17.9 Å². The number of imidazole rings is 1. The summed E-state index contributed by atoms with van der Waals surface area (Å²) in [5.74, 6) is 2.52. The van der Waals surface area contributed by atoms with Crippen LogP contribution in [0, 0.1) is 12.8 Å². The fraction of sp³-hybridized carbons (Fsp3) is 0.500. The van der Waals surface area contributed by atoms with E-state index in [2.05, 4.69) is 24.8 Å². The van der Waals surface area contributed by atoms with Gasteiger partial charge in [-0.2, -0.15) is 0 Å². The number of fused-ring (bicyclic) bond motifs is 3. The smallest absolute Gasteiger partial charge is 0.229 e. The largest absolute Gasteiger partial charge is 0.495 e. The van der Waals surface area contributed by atoms with Crippen LogP contribution in [0.5, 0.6) is 5.75 Å². The second kappa shape index (κ2) is 8.76. The highest BCUT2D eigenvalue weighted by Crippen LogP contribution is 2.31. The van der Waals surface area contributed by atoms with E-state index in [-0.39, 0.29) is 11.8 Å². The van der Waals surface area contributed by atoms with E-state index in [9.17, 15) is 4.79 Å². The highest BCUT2D eigenvalue weighted by molar-refractivity contribution is 5.95. The minimum Gasteiger partial charge on any atom is -0.495 e. The Morgan fingerprint density at radius 3 is 2.94 bits per heavy atom. The fourth-order valence-corrected chi connectivity index (χ4v) is 4.89. The molecule has 32 heavy (non-hydrogen) atoms. The van der Waals surface area contributed by atoms with Crippen molar-refractivity contribution in [2.75, 3.05) is 30.4 Å². The molecular weight excluding hydrogens is 404 g/mol. The van der Waals surface area contributed by atoms with E-state index < -0.39 is 0 Å². The van der Waals surface area contributed by atoms with Gasteiger partial charge in [-0.15, -0.1) is 0 Å². The Morgan fingerprint density at radius 1 is 1.16 bits per heavy atom. The molecular formula is C24H30N6O2. The van der Waals surface area contributed by atoms with Crippen LogP contribution in [0.4, 0.5) is 11.5 Å². The number of rotatable bonds is 4. The lowest BCUT2D eigenvalue weighted by molar-refractivity contribution is -0.120. The summed E-state index contributed by atoms with van der Waals surface area (Å²) in [6.07, 6.45) is 7.97. The fourth-order valence-electron chi connectivity index (χ4n) is 4.89. The maximum absolute atomic E-state index is 13.1. The number of nitrogens with zero attached hydrogens (tertiary/aromatic N) is 5. The normalized spacial score (nSPS) is 18.8. The zero-order chi connectivity index (χ0) is 22.1. The van der Waals surface area contributed by atoms with E-state index >= 15 is 0 Å². The summed E-state index contributed by atoms with van der Waals surface area (Å²) in [5, 5.41) is 3.08. The first kappa shape index (κ1) is 20.7. The monoisotopic (exact) mass is 434 g/mol. The zero-order valence-corrected chi connectivity index (χ0v) is 18.8. The molecule has 3 aromatic rings. The quantitative estimate of drug-likeness (QED) is 0.674. The summed E-state index contributed by atoms with van der Waals surface area (Å²) in [4.78, 5) is 29.4. The summed E-state index contributed by atoms with van der Waals surface area (Å²) in [6, 6.07) is 5.81. The Morgan fingerprint density at radius 2 is 2.06 bits per heavy atom. The van der Waals surface area contributed by atoms with Crippen molar-refractivity contribution in [1.29, 1.82) is 0 Å². The van der Waals surface area contributed by atoms with Crippen LogP contribution in [0.15, 0.2) is 24.5 Å². The number of hydrogen-bond acceptors (Lipinski definition) is 6. The zero-order valence-electron chi connectivity index (χ0n) is 18.8. The number of methoxy groups -OCH3 is 1. The van der Waals surface area contributed by atoms with Crippen LogP contribution in [-0.2, 0) is 17.8 Å². The Balaban J connectivity index is 1.38. The molecule has 0 bridgehead atoms. The number of anilines is 2. The summed E-state index contributed by atoms with van der Waals surface area (Å²) in [7, 11) is 1.62. The molecule has 0 spiro atoms. The number of amides is 1. The number of aryl methyl sites for hydroxylation is 3. The second-order valence-corrected chi connectivity index (χ2v) is 8.84. The molecule has 4 heterocycles. The van der Waals surface area contributed by atoms with Crippen LogP contribution < -0.4 is 15.0 Å². The predicted octanol–water partition coefficient (Wildman–Crippen LogP) is 3.72. The van der Waals surface area contributed by atoms with Crippen LogP contribution in [0.1, 0.15) is 43.5 Å². The Bertz CT molecular complexity index is 1140. The van der Waals surface area contributed by atoms with Crippen LogP contribution >= 0.6 is 0 Å². The number of carbonyl (C=O) groups excluding carboxylic acids is 1. The first-order chi connectivity index (χ1) is 15.6. The highest BCUT2D eigenvalue weighted by atomic mass is 16.5. The van der Waals surface area contributed by atoms with E-state index in [0.717, 1.165) is 72.8 Å². The highest BCUT2D eigenvalue weighted by Gasteiger charge is 2.29. The van der Waals surface area contributed by atoms with Gasteiger partial charge in [0.25, 0.3) is 0 Å². The molecule has 2 aliphatic heterocycles. The molecule has 0 radical (unpaired) electrons. The molecule has 0 aliphatic carbocycles. The van der Waals surface area contributed by atoms with Crippen molar-refractivity contribution in [3.05, 3.63) is 35.9 Å². The van der Waals surface area contributed by atoms with Crippen LogP contribution in [0.25, 0.3) is 11.2 Å². The van der Waals surface area contributed by atoms with Gasteiger partial charge in [-0.25, -0.2) is 15.0 Å². The molecule has 1 aromatic carbocycles. The van der Waals surface area contributed by atoms with Crippen molar-refractivity contribution in [3.63, 3.8) is 0 Å². The first-order valence-electron chi connectivity index (χ1n) is 11.5. The molecule has 1 amide bonds. The SMILES string of the molecule is COc1ccc(C)cc1NC(=O)[C@H]1CCCN(c2ncnc3c2nc2n3CCCCC2)C1. The van der Waals surface area contributed by atoms with Gasteiger partial charge in [-0.3, -0.25) is 4.79 Å². The molecule has 8 nitrogen and oxygen atoms in total. The van der Waals surface area contributed by atoms with Gasteiger partial charge in [0.05, 0.1) is 18.7 Å². The molecule has 8 heteroatoms. The summed E-state index contributed by atoms with van der Waals surface area (Å²) in [6.45, 7) is 4.45. The third kappa shape index (κ3) is 3.89. The lowest BCUT2D eigenvalue weighted by Crippen LogP contribution is -2.41. The topological polar surface area (TPSA) is 85.2 Å². The van der Waals surface area contributed by atoms with Gasteiger partial charge in [0, 0.05) is 26.1 Å². The maximum Gasteiger partial charge on any atom is 0.229 e. The van der Waals surface area contributed by atoms with Crippen molar-refractivity contribution in [2.24, 2.45) is 5.92 Å². The van der Waals surface area contributed by atoms with Crippen molar-refractivity contribution in [1.82, 2.24) is 19.5 Å². The van der Waals surface area contributed by atoms with E-state index in [1.165, 1.54) is 12.8 Å². The molecule has 0 unspecified atom stereocenters. The number of carbonyl (C=O) groups is 1. The van der Waals surface area contributed by atoms with Crippen LogP contribution in [0.2, 0.25) is 0 Å². The summed E-state index contributed by atoms with van der Waals surface area (Å²) in [5.41, 5.74) is 3.58. The number of hydrogen-bond donors (Lipinski definition) is 1. The van der Waals surface area contributed by atoms with Crippen molar-refractivity contribution in [3.8, 4) is 5.75 Å². The van der Waals surface area contributed by atoms with Crippen LogP contribution in [0.3, 0.4) is 0 Å². The van der Waals surface area contributed by atoms with E-state index in [1.807, 2.05) is 25.1 Å². The Kier molecular flexibility index (Phi) is 5.68. The molecule has 1 atom stereocenters. The van der Waals surface area contributed by atoms with E-state index in [4.69, 9.17) is 9.72 Å². The molecule has 1 saturated heterocycles.